The number of hydrogen-bond donors (Lipinski definition) is 2. The van der Waals surface area contributed by atoms with E-state index in [9.17, 15) is 37.1 Å². The predicted molar refractivity (Wildman–Crippen MR) is 351 cm³/mol. The van der Waals surface area contributed by atoms with Crippen LogP contribution in [0, 0.1) is 26.3 Å². The van der Waals surface area contributed by atoms with E-state index in [1.165, 1.54) is 24.3 Å². The van der Waals surface area contributed by atoms with Gasteiger partial charge in [0, 0.05) is 104 Å². The Morgan fingerprint density at radius 2 is 0.905 bits per heavy atom. The Morgan fingerprint density at radius 3 is 1.20 bits per heavy atom. The fourth-order valence-electron chi connectivity index (χ4n) is 7.35. The van der Waals surface area contributed by atoms with Gasteiger partial charge in [0.05, 0.1) is 30.7 Å². The van der Waals surface area contributed by atoms with Crippen molar-refractivity contribution in [2.24, 2.45) is 0 Å². The maximum atomic E-state index is 12.7. The number of carboxylic acid groups (broad SMARTS) is 1. The number of carbonyl (C=O) groups is 2. The fourth-order valence-corrected chi connectivity index (χ4v) is 9.87. The second-order valence-electron chi connectivity index (χ2n) is 17.3. The Balaban J connectivity index is 0.00000120. The van der Waals surface area contributed by atoms with E-state index < -0.39 is 35.9 Å². The SMILES string of the molecule is Brc1cc[c-]cc1.CC(=O)O.O=CO[O-].O=[N+]([O-])c1ccc(S(=O)(=O)[N-]c2cccc3ccc4cccnc4c23)cc1.O=[N+]([O-])c1ccc(S(=O)(=O)[N-]c2cccc3ccc4cccnc4c23)cc1.O[B]Oc1ccc(Br)cc1.[H-].[K+].[K+].[Pd+2].[Pd].c1ccncc1.c1ccncc1. The number of nitrogens with zero attached hydrogens (tertiary/aromatic N) is 8. The monoisotopic (exact) mass is 1680 g/mol. The summed E-state index contributed by atoms with van der Waals surface area (Å²) in [6.45, 7) is 0.903. The minimum atomic E-state index is -4.04. The van der Waals surface area contributed by atoms with Crippen molar-refractivity contribution in [3.8, 4) is 5.75 Å². The zero-order valence-electron chi connectivity index (χ0n) is 50.9. The molecule has 0 bridgehead atoms. The molecule has 95 heavy (non-hydrogen) atoms. The molecule has 4 heterocycles. The van der Waals surface area contributed by atoms with Crippen molar-refractivity contribution in [2.45, 2.75) is 16.7 Å². The molecule has 4 aromatic heterocycles. The Labute approximate surface area is 677 Å². The molecule has 483 valence electrons. The van der Waals surface area contributed by atoms with E-state index in [4.69, 9.17) is 25.0 Å². The van der Waals surface area contributed by atoms with Gasteiger partial charge >= 0.3 is 131 Å². The number of nitro groups is 2. The van der Waals surface area contributed by atoms with Gasteiger partial charge in [-0.3, -0.25) is 49.8 Å². The van der Waals surface area contributed by atoms with Crippen molar-refractivity contribution >= 4 is 138 Å². The molecule has 32 heteroatoms. The molecular formula is C63H49BBr2K2N8O15Pd2S2-. The van der Waals surface area contributed by atoms with Crippen molar-refractivity contribution in [1.29, 1.82) is 0 Å². The van der Waals surface area contributed by atoms with E-state index in [0.717, 1.165) is 61.7 Å². The number of halogens is 2. The summed E-state index contributed by atoms with van der Waals surface area (Å²) in [5, 5.41) is 50.2. The average molecular weight is 1680 g/mol. The zero-order chi connectivity index (χ0) is 66.0. The van der Waals surface area contributed by atoms with Crippen LogP contribution < -0.4 is 113 Å². The van der Waals surface area contributed by atoms with Crippen molar-refractivity contribution < 1.29 is 206 Å². The Hall–Kier alpha value is -6.02. The van der Waals surface area contributed by atoms with Crippen LogP contribution in [0.4, 0.5) is 22.7 Å². The van der Waals surface area contributed by atoms with E-state index in [2.05, 4.69) is 76.8 Å². The molecule has 12 aromatic rings. The van der Waals surface area contributed by atoms with Gasteiger partial charge in [-0.25, -0.2) is 16.8 Å². The normalized spacial score (nSPS) is 9.65. The number of fused-ring (bicyclic) bond motifs is 6. The van der Waals surface area contributed by atoms with Gasteiger partial charge in [0.1, 0.15) is 25.8 Å². The van der Waals surface area contributed by atoms with Crippen molar-refractivity contribution in [1.82, 2.24) is 19.9 Å². The third kappa shape index (κ3) is 30.5. The number of carboxylic acids is 1. The molecule has 0 spiro atoms. The number of benzene rings is 8. The first-order chi connectivity index (χ1) is 43.8. The number of rotatable bonds is 11. The fraction of sp³-hybridized carbons (Fsp3) is 0.0159. The molecule has 2 N–H and O–H groups in total. The molecule has 0 amide bonds. The molecule has 0 aliphatic heterocycles. The molecule has 23 nitrogen and oxygen atoms in total. The van der Waals surface area contributed by atoms with Gasteiger partial charge in [-0.15, -0.1) is 11.4 Å². The van der Waals surface area contributed by atoms with Crippen molar-refractivity contribution in [3.05, 3.63) is 300 Å². The Kier molecular flexibility index (Phi) is 43.1. The van der Waals surface area contributed by atoms with Crippen LogP contribution in [0.5, 0.6) is 5.75 Å². The molecule has 0 fully saturated rings. The Morgan fingerprint density at radius 1 is 0.558 bits per heavy atom. The minimum Gasteiger partial charge on any atom is -1.00 e. The summed E-state index contributed by atoms with van der Waals surface area (Å²) >= 11 is 6.56. The quantitative estimate of drug-likeness (QED) is 0.0237. The van der Waals surface area contributed by atoms with Crippen LogP contribution in [0.25, 0.3) is 52.8 Å². The summed E-state index contributed by atoms with van der Waals surface area (Å²) in [5.74, 6) is -0.217. The van der Waals surface area contributed by atoms with Gasteiger partial charge in [-0.2, -0.15) is 30.3 Å². The number of nitro benzene ring substituents is 2. The van der Waals surface area contributed by atoms with E-state index in [-0.39, 0.29) is 184 Å². The van der Waals surface area contributed by atoms with Crippen LogP contribution in [0.1, 0.15) is 8.35 Å². The van der Waals surface area contributed by atoms with Crippen molar-refractivity contribution in [3.63, 3.8) is 0 Å². The second kappa shape index (κ2) is 47.0. The molecule has 0 unspecified atom stereocenters. The Bertz CT molecular complexity index is 4240. The molecule has 12 rings (SSSR count). The van der Waals surface area contributed by atoms with Gasteiger partial charge in [0.2, 0.25) is 0 Å². The van der Waals surface area contributed by atoms with Crippen LogP contribution in [0.3, 0.4) is 0 Å². The number of pyridine rings is 4. The third-order valence-corrected chi connectivity index (χ3v) is 14.8. The smallest absolute Gasteiger partial charge is 1.00 e. The van der Waals surface area contributed by atoms with Gasteiger partial charge < -0.3 is 35.8 Å². The molecule has 1 radical (unpaired) electrons. The van der Waals surface area contributed by atoms with Crippen LogP contribution in [-0.4, -0.2) is 76.9 Å². The van der Waals surface area contributed by atoms with Gasteiger partial charge in [-0.1, -0.05) is 121 Å². The van der Waals surface area contributed by atoms with Gasteiger partial charge in [0.15, 0.2) is 0 Å². The molecule has 0 atom stereocenters. The summed E-state index contributed by atoms with van der Waals surface area (Å²) < 4.78 is 65.5. The van der Waals surface area contributed by atoms with Gasteiger partial charge in [0.25, 0.3) is 23.8 Å². The summed E-state index contributed by atoms with van der Waals surface area (Å²) in [7, 11) is -7.43. The first-order valence-corrected chi connectivity index (χ1v) is 30.3. The van der Waals surface area contributed by atoms with Crippen LogP contribution >= 0.6 is 31.9 Å². The molecule has 0 saturated heterocycles. The van der Waals surface area contributed by atoms with E-state index >= 15 is 0 Å². The number of hydrogen-bond acceptors (Lipinski definition) is 18. The third-order valence-electron chi connectivity index (χ3n) is 11.2. The summed E-state index contributed by atoms with van der Waals surface area (Å²) in [4.78, 5) is 56.7. The average Bonchev–Trinajstić information content (AvgIpc) is 0.783. The number of carbonyl (C=O) groups excluding carboxylic acids is 1. The summed E-state index contributed by atoms with van der Waals surface area (Å²) in [6, 6.07) is 63.8. The van der Waals surface area contributed by atoms with Crippen LogP contribution in [-0.2, 0) is 75.4 Å². The van der Waals surface area contributed by atoms with Gasteiger partial charge in [-0.05, 0) is 106 Å². The van der Waals surface area contributed by atoms with E-state index in [0.29, 0.717) is 35.2 Å². The molecular weight excluding hydrogens is 1630 g/mol. The number of aromatic nitrogens is 4. The first-order valence-electron chi connectivity index (χ1n) is 25.9. The largest absolute Gasteiger partial charge is 2.00 e. The maximum absolute atomic E-state index is 12.7. The molecule has 0 aliphatic rings. The topological polar surface area (TPSA) is 350 Å². The first kappa shape index (κ1) is 87.0. The maximum Gasteiger partial charge on any atom is 2.00 e. The van der Waals surface area contributed by atoms with E-state index in [1.54, 1.807) is 73.6 Å². The summed E-state index contributed by atoms with van der Waals surface area (Å²) in [6.07, 6.45) is 10.3. The van der Waals surface area contributed by atoms with Crippen LogP contribution in [0.2, 0.25) is 0 Å². The number of non-ortho nitro benzene ring substituents is 2. The van der Waals surface area contributed by atoms with E-state index in [1.807, 2.05) is 133 Å². The number of aliphatic carboxylic acids is 1. The summed E-state index contributed by atoms with van der Waals surface area (Å²) in [5.41, 5.74) is 1.50. The zero-order valence-corrected chi connectivity index (χ0v) is 64.0. The predicted octanol–water partition coefficient (Wildman–Crippen LogP) is 7.79. The second-order valence-corrected chi connectivity index (χ2v) is 22.4. The molecule has 0 saturated carbocycles. The van der Waals surface area contributed by atoms with Crippen LogP contribution in [0.15, 0.2) is 274 Å². The number of sulfonamides is 2. The minimum absolute atomic E-state index is 0. The van der Waals surface area contributed by atoms with Crippen molar-refractivity contribution in [2.75, 3.05) is 0 Å². The molecule has 8 aromatic carbocycles. The standard InChI is InChI=1S/2C19H12N3O4S.C6H5BBrO2.C6H4Br.2C5H5N.C2H4O2.CH2O3.2K.2Pd.H/c2*23-22(24)15-8-10-16(11-9-15)27(25,26)21-17-5-1-3-13-6-7-14-4-2-12-20-19(14)18(13)17;8-5-1-3-6(4-2-5)10-7-9;7-6-4-2-1-3-5-6;2*1-2-4-6-5-3-1;1-2(3)4;2-1-4-3;;;;;/h2*1-12H;1-4,9H;2-5H;2*1-5H;1H3,(H,3,4);1,3H;;;;;/q2*-1;;-1;;;;;2*+1;;+2;-1/p-1. The molecule has 0 aliphatic carbocycles.